The SMILES string of the molecule is C/C=C1\Sc2c(ccc3ccccc23)N1C. The van der Waals surface area contributed by atoms with Crippen LogP contribution in [0, 0.1) is 0 Å². The van der Waals surface area contributed by atoms with E-state index in [1.807, 2.05) is 11.8 Å². The van der Waals surface area contributed by atoms with Crippen LogP contribution in [0.3, 0.4) is 0 Å². The highest BCUT2D eigenvalue weighted by Crippen LogP contribution is 2.48. The third-order valence-corrected chi connectivity index (χ3v) is 4.36. The van der Waals surface area contributed by atoms with Crippen LogP contribution < -0.4 is 4.90 Å². The highest BCUT2D eigenvalue weighted by atomic mass is 32.2. The number of fused-ring (bicyclic) bond motifs is 3. The Bertz CT molecular complexity index is 586. The number of benzene rings is 2. The van der Waals surface area contributed by atoms with Crippen LogP contribution in [0.4, 0.5) is 5.69 Å². The van der Waals surface area contributed by atoms with Crippen molar-refractivity contribution in [1.82, 2.24) is 0 Å². The highest BCUT2D eigenvalue weighted by Gasteiger charge is 2.22. The first kappa shape index (κ1) is 9.79. The van der Waals surface area contributed by atoms with Crippen molar-refractivity contribution in [2.24, 2.45) is 0 Å². The predicted molar refractivity (Wildman–Crippen MR) is 72.0 cm³/mol. The Morgan fingerprint density at radius 3 is 2.75 bits per heavy atom. The number of thioether (sulfide) groups is 1. The molecule has 0 atom stereocenters. The Hall–Kier alpha value is -1.41. The Kier molecular flexibility index (Phi) is 2.18. The van der Waals surface area contributed by atoms with Crippen molar-refractivity contribution < 1.29 is 0 Å². The first-order chi connectivity index (χ1) is 7.81. The minimum atomic E-state index is 1.31. The van der Waals surface area contributed by atoms with Crippen molar-refractivity contribution in [3.05, 3.63) is 47.5 Å². The van der Waals surface area contributed by atoms with Crippen LogP contribution in [-0.2, 0) is 0 Å². The fraction of sp³-hybridized carbons (Fsp3) is 0.143. The average Bonchev–Trinajstić information content (AvgIpc) is 2.67. The van der Waals surface area contributed by atoms with Crippen molar-refractivity contribution in [2.75, 3.05) is 11.9 Å². The van der Waals surface area contributed by atoms with E-state index in [1.165, 1.54) is 26.4 Å². The van der Waals surface area contributed by atoms with Gasteiger partial charge in [0.25, 0.3) is 0 Å². The van der Waals surface area contributed by atoms with Crippen molar-refractivity contribution in [3.63, 3.8) is 0 Å². The second-order valence-corrected chi connectivity index (χ2v) is 4.95. The van der Waals surface area contributed by atoms with Crippen molar-refractivity contribution in [1.29, 1.82) is 0 Å². The van der Waals surface area contributed by atoms with Crippen molar-refractivity contribution >= 4 is 28.2 Å². The molecule has 1 heterocycles. The molecule has 0 saturated heterocycles. The molecule has 0 unspecified atom stereocenters. The average molecular weight is 227 g/mol. The van der Waals surface area contributed by atoms with Crippen molar-refractivity contribution in [2.45, 2.75) is 11.8 Å². The van der Waals surface area contributed by atoms with Crippen LogP contribution in [0.15, 0.2) is 52.4 Å². The number of hydrogen-bond donors (Lipinski definition) is 0. The Morgan fingerprint density at radius 1 is 1.12 bits per heavy atom. The first-order valence-corrected chi connectivity index (χ1v) is 6.22. The second-order valence-electron chi connectivity index (χ2n) is 3.92. The zero-order valence-electron chi connectivity index (χ0n) is 9.40. The van der Waals surface area contributed by atoms with Crippen LogP contribution in [0.2, 0.25) is 0 Å². The van der Waals surface area contributed by atoms with Gasteiger partial charge in [-0.05, 0) is 23.8 Å². The number of anilines is 1. The number of allylic oxidation sites excluding steroid dienone is 1. The normalized spacial score (nSPS) is 17.1. The summed E-state index contributed by atoms with van der Waals surface area (Å²) in [6.45, 7) is 2.09. The molecule has 1 aliphatic rings. The zero-order chi connectivity index (χ0) is 11.1. The van der Waals surface area contributed by atoms with Crippen LogP contribution >= 0.6 is 11.8 Å². The molecule has 2 heteroatoms. The quantitative estimate of drug-likeness (QED) is 0.662. The Labute approximate surface area is 99.8 Å². The van der Waals surface area contributed by atoms with Crippen LogP contribution in [-0.4, -0.2) is 7.05 Å². The van der Waals surface area contributed by atoms with Gasteiger partial charge in [-0.1, -0.05) is 48.2 Å². The summed E-state index contributed by atoms with van der Waals surface area (Å²) in [5, 5.41) is 3.99. The zero-order valence-corrected chi connectivity index (χ0v) is 10.2. The van der Waals surface area contributed by atoms with Gasteiger partial charge in [0.15, 0.2) is 0 Å². The molecule has 0 aromatic heterocycles. The summed E-state index contributed by atoms with van der Waals surface area (Å²) < 4.78 is 0. The minimum Gasteiger partial charge on any atom is -0.338 e. The highest BCUT2D eigenvalue weighted by molar-refractivity contribution is 8.04. The smallest absolute Gasteiger partial charge is 0.0755 e. The number of hydrogen-bond acceptors (Lipinski definition) is 2. The lowest BCUT2D eigenvalue weighted by Crippen LogP contribution is -2.08. The molecule has 0 bridgehead atoms. The van der Waals surface area contributed by atoms with Gasteiger partial charge in [0.05, 0.1) is 10.7 Å². The van der Waals surface area contributed by atoms with E-state index in [0.717, 1.165) is 0 Å². The predicted octanol–water partition coefficient (Wildman–Crippen LogP) is 4.24. The van der Waals surface area contributed by atoms with Gasteiger partial charge in [-0.2, -0.15) is 0 Å². The molecule has 1 aliphatic heterocycles. The van der Waals surface area contributed by atoms with E-state index in [-0.39, 0.29) is 0 Å². The van der Waals surface area contributed by atoms with Crippen molar-refractivity contribution in [3.8, 4) is 0 Å². The molecule has 2 aromatic rings. The molecule has 0 saturated carbocycles. The summed E-state index contributed by atoms with van der Waals surface area (Å²) in [5.74, 6) is 0. The molecule has 2 aromatic carbocycles. The van der Waals surface area contributed by atoms with E-state index in [4.69, 9.17) is 0 Å². The minimum absolute atomic E-state index is 1.31. The first-order valence-electron chi connectivity index (χ1n) is 5.41. The van der Waals surface area contributed by atoms with E-state index in [9.17, 15) is 0 Å². The summed E-state index contributed by atoms with van der Waals surface area (Å²) in [4.78, 5) is 3.64. The van der Waals surface area contributed by atoms with Gasteiger partial charge in [0, 0.05) is 11.9 Å². The fourth-order valence-electron chi connectivity index (χ4n) is 2.15. The maximum absolute atomic E-state index is 2.26. The largest absolute Gasteiger partial charge is 0.338 e. The molecule has 3 rings (SSSR count). The maximum atomic E-state index is 2.26. The monoisotopic (exact) mass is 227 g/mol. The summed E-state index contributed by atoms with van der Waals surface area (Å²) in [7, 11) is 2.13. The summed E-state index contributed by atoms with van der Waals surface area (Å²) in [6.07, 6.45) is 2.17. The molecular formula is C14H13NS. The third-order valence-electron chi connectivity index (χ3n) is 3.00. The Morgan fingerprint density at radius 2 is 1.94 bits per heavy atom. The van der Waals surface area contributed by atoms with Gasteiger partial charge in [0.2, 0.25) is 0 Å². The second kappa shape index (κ2) is 3.56. The maximum Gasteiger partial charge on any atom is 0.0755 e. The molecular weight excluding hydrogens is 214 g/mol. The molecule has 0 amide bonds. The van der Waals surface area contributed by atoms with E-state index >= 15 is 0 Å². The van der Waals surface area contributed by atoms with E-state index in [0.29, 0.717) is 0 Å². The molecule has 80 valence electrons. The van der Waals surface area contributed by atoms with Crippen LogP contribution in [0.25, 0.3) is 10.8 Å². The standard InChI is InChI=1S/C14H13NS/c1-3-13-15(2)12-9-8-10-6-4-5-7-11(10)14(12)16-13/h3-9H,1-2H3/b13-3-. The van der Waals surface area contributed by atoms with Gasteiger partial charge < -0.3 is 4.90 Å². The lowest BCUT2D eigenvalue weighted by Gasteiger charge is -2.12. The van der Waals surface area contributed by atoms with Gasteiger partial charge in [-0.25, -0.2) is 0 Å². The number of nitrogens with zero attached hydrogens (tertiary/aromatic N) is 1. The van der Waals surface area contributed by atoms with Crippen LogP contribution in [0.5, 0.6) is 0 Å². The molecule has 16 heavy (non-hydrogen) atoms. The van der Waals surface area contributed by atoms with Gasteiger partial charge in [-0.3, -0.25) is 0 Å². The molecule has 0 spiro atoms. The van der Waals surface area contributed by atoms with E-state index in [1.54, 1.807) is 0 Å². The topological polar surface area (TPSA) is 3.24 Å². The molecule has 0 N–H and O–H groups in total. The summed E-state index contributed by atoms with van der Waals surface area (Å²) in [5.41, 5.74) is 1.32. The molecule has 0 radical (unpaired) electrons. The summed E-state index contributed by atoms with van der Waals surface area (Å²) in [6, 6.07) is 13.0. The lowest BCUT2D eigenvalue weighted by molar-refractivity contribution is 1.18. The molecule has 0 aliphatic carbocycles. The lowest BCUT2D eigenvalue weighted by atomic mass is 10.1. The number of rotatable bonds is 0. The summed E-state index contributed by atoms with van der Waals surface area (Å²) >= 11 is 1.86. The third kappa shape index (κ3) is 1.26. The molecule has 1 nitrogen and oxygen atoms in total. The fourth-order valence-corrected chi connectivity index (χ4v) is 3.31. The van der Waals surface area contributed by atoms with Gasteiger partial charge >= 0.3 is 0 Å². The Balaban J connectivity index is 2.32. The van der Waals surface area contributed by atoms with E-state index < -0.39 is 0 Å². The van der Waals surface area contributed by atoms with Gasteiger partial charge in [0.1, 0.15) is 0 Å². The van der Waals surface area contributed by atoms with E-state index in [2.05, 4.69) is 61.3 Å². The molecule has 0 fully saturated rings. The van der Waals surface area contributed by atoms with Crippen LogP contribution in [0.1, 0.15) is 6.92 Å². The van der Waals surface area contributed by atoms with Gasteiger partial charge in [-0.15, -0.1) is 0 Å².